The lowest BCUT2D eigenvalue weighted by Crippen LogP contribution is -2.11. The number of thiazole rings is 1. The number of nitrogens with one attached hydrogen (secondary N) is 1. The van der Waals surface area contributed by atoms with Gasteiger partial charge in [-0.15, -0.1) is 11.3 Å². The maximum atomic E-state index is 6.29. The molecule has 0 saturated heterocycles. The van der Waals surface area contributed by atoms with Gasteiger partial charge in [0.1, 0.15) is 17.4 Å². The van der Waals surface area contributed by atoms with Gasteiger partial charge in [-0.3, -0.25) is 0 Å². The first-order valence-corrected chi connectivity index (χ1v) is 9.44. The average Bonchev–Trinajstić information content (AvgIpc) is 3.10. The fraction of sp³-hybridized carbons (Fsp3) is 0.250. The van der Waals surface area contributed by atoms with Gasteiger partial charge in [-0.1, -0.05) is 41.9 Å². The van der Waals surface area contributed by atoms with E-state index in [4.69, 9.17) is 21.3 Å². The first kappa shape index (κ1) is 17.9. The molecule has 0 aliphatic rings. The summed E-state index contributed by atoms with van der Waals surface area (Å²) in [6.45, 7) is 4.62. The van der Waals surface area contributed by atoms with Crippen LogP contribution in [0.4, 0.5) is 0 Å². The van der Waals surface area contributed by atoms with Crippen LogP contribution in [0, 0.1) is 6.92 Å². The third-order valence-corrected chi connectivity index (χ3v) is 5.31. The highest BCUT2D eigenvalue weighted by atomic mass is 35.5. The number of hydrogen-bond acceptors (Lipinski definition) is 4. The van der Waals surface area contributed by atoms with Gasteiger partial charge in [-0.05, 0) is 44.2 Å². The molecule has 0 saturated carbocycles. The van der Waals surface area contributed by atoms with Crippen molar-refractivity contribution in [3.63, 3.8) is 0 Å². The minimum absolute atomic E-state index is 0.215. The summed E-state index contributed by atoms with van der Waals surface area (Å²) >= 11 is 7.93. The Balaban J connectivity index is 1.94. The summed E-state index contributed by atoms with van der Waals surface area (Å²) in [5.41, 5.74) is 3.97. The Hall–Kier alpha value is -1.88. The Bertz CT molecular complexity index is 848. The van der Waals surface area contributed by atoms with Crippen molar-refractivity contribution in [3.8, 4) is 17.0 Å². The summed E-state index contributed by atoms with van der Waals surface area (Å²) in [7, 11) is 1.93. The first-order valence-electron chi connectivity index (χ1n) is 8.18. The average molecular weight is 373 g/mol. The third-order valence-electron chi connectivity index (χ3n) is 4.07. The fourth-order valence-electron chi connectivity index (χ4n) is 2.58. The van der Waals surface area contributed by atoms with Crippen molar-refractivity contribution in [3.05, 3.63) is 69.0 Å². The number of nitrogens with zero attached hydrogens (tertiary/aromatic N) is 1. The van der Waals surface area contributed by atoms with E-state index in [2.05, 4.69) is 29.8 Å². The summed E-state index contributed by atoms with van der Waals surface area (Å²) in [6.07, 6.45) is 0. The van der Waals surface area contributed by atoms with Gasteiger partial charge in [0.15, 0.2) is 0 Å². The standard InChI is InChI=1S/C20H21ClN2OS/c1-13-9-16(21)10-17(18-12-25-20(23-18)14(2)22-3)19(13)24-11-15-7-5-4-6-8-15/h4-10,12,14,22H,11H2,1-3H3. The number of ether oxygens (including phenoxy) is 1. The molecule has 0 fully saturated rings. The summed E-state index contributed by atoms with van der Waals surface area (Å²) in [5, 5.41) is 7.02. The van der Waals surface area contributed by atoms with Gasteiger partial charge < -0.3 is 10.1 Å². The molecule has 0 aliphatic heterocycles. The van der Waals surface area contributed by atoms with Crippen LogP contribution in [-0.2, 0) is 6.61 Å². The molecule has 0 radical (unpaired) electrons. The number of hydrogen-bond donors (Lipinski definition) is 1. The van der Waals surface area contributed by atoms with Crippen molar-refractivity contribution in [1.82, 2.24) is 10.3 Å². The van der Waals surface area contributed by atoms with Crippen molar-refractivity contribution in [2.45, 2.75) is 26.5 Å². The third kappa shape index (κ3) is 4.21. The lowest BCUT2D eigenvalue weighted by atomic mass is 10.1. The van der Waals surface area contributed by atoms with Crippen LogP contribution in [0.15, 0.2) is 47.8 Å². The zero-order valence-electron chi connectivity index (χ0n) is 14.5. The van der Waals surface area contributed by atoms with Gasteiger partial charge in [0.05, 0.1) is 11.7 Å². The van der Waals surface area contributed by atoms with Gasteiger partial charge in [-0.25, -0.2) is 4.98 Å². The quantitative estimate of drug-likeness (QED) is 0.608. The lowest BCUT2D eigenvalue weighted by molar-refractivity contribution is 0.305. The zero-order valence-corrected chi connectivity index (χ0v) is 16.1. The molecule has 5 heteroatoms. The molecule has 1 atom stereocenters. The molecule has 130 valence electrons. The SMILES string of the molecule is CNC(C)c1nc(-c2cc(Cl)cc(C)c2OCc2ccccc2)cs1. The van der Waals surface area contributed by atoms with Crippen molar-refractivity contribution in [2.24, 2.45) is 0 Å². The Kier molecular flexibility index (Phi) is 5.74. The molecule has 0 spiro atoms. The van der Waals surface area contributed by atoms with Crippen LogP contribution in [-0.4, -0.2) is 12.0 Å². The van der Waals surface area contributed by atoms with Crippen LogP contribution < -0.4 is 10.1 Å². The van der Waals surface area contributed by atoms with Gasteiger partial charge in [0.2, 0.25) is 0 Å². The van der Waals surface area contributed by atoms with E-state index in [9.17, 15) is 0 Å². The molecule has 3 rings (SSSR count). The van der Waals surface area contributed by atoms with E-state index in [1.165, 1.54) is 0 Å². The maximum Gasteiger partial charge on any atom is 0.132 e. The highest BCUT2D eigenvalue weighted by Gasteiger charge is 2.16. The second-order valence-corrected chi connectivity index (χ2v) is 7.28. The summed E-state index contributed by atoms with van der Waals surface area (Å²) < 4.78 is 6.15. The smallest absolute Gasteiger partial charge is 0.132 e. The number of aromatic nitrogens is 1. The number of halogens is 1. The van der Waals surface area contributed by atoms with Crippen LogP contribution in [0.25, 0.3) is 11.3 Å². The molecule has 1 aromatic heterocycles. The molecule has 3 nitrogen and oxygen atoms in total. The molecule has 25 heavy (non-hydrogen) atoms. The van der Waals surface area contributed by atoms with Crippen molar-refractivity contribution >= 4 is 22.9 Å². The van der Waals surface area contributed by atoms with Crippen molar-refractivity contribution < 1.29 is 4.74 Å². The minimum atomic E-state index is 0.215. The van der Waals surface area contributed by atoms with E-state index < -0.39 is 0 Å². The van der Waals surface area contributed by atoms with E-state index in [1.807, 2.05) is 44.3 Å². The van der Waals surface area contributed by atoms with E-state index in [1.54, 1.807) is 11.3 Å². The topological polar surface area (TPSA) is 34.2 Å². The predicted octanol–water partition coefficient (Wildman–Crippen LogP) is 5.63. The van der Waals surface area contributed by atoms with Gasteiger partial charge in [0.25, 0.3) is 0 Å². The first-order chi connectivity index (χ1) is 12.1. The molecule has 0 amide bonds. The van der Waals surface area contributed by atoms with Crippen LogP contribution in [0.1, 0.15) is 29.1 Å². The molecule has 0 aliphatic carbocycles. The molecule has 1 N–H and O–H groups in total. The summed E-state index contributed by atoms with van der Waals surface area (Å²) in [6, 6.07) is 14.2. The van der Waals surface area contributed by atoms with Crippen LogP contribution >= 0.6 is 22.9 Å². The molecule has 2 aromatic carbocycles. The van der Waals surface area contributed by atoms with E-state index in [0.29, 0.717) is 11.6 Å². The van der Waals surface area contributed by atoms with Crippen LogP contribution in [0.2, 0.25) is 5.02 Å². The van der Waals surface area contributed by atoms with E-state index in [0.717, 1.165) is 33.1 Å². The summed E-state index contributed by atoms with van der Waals surface area (Å²) in [5.74, 6) is 0.835. The minimum Gasteiger partial charge on any atom is -0.488 e. The van der Waals surface area contributed by atoms with Gasteiger partial charge in [0, 0.05) is 16.0 Å². The Labute approximate surface area is 157 Å². The summed E-state index contributed by atoms with van der Waals surface area (Å²) in [4.78, 5) is 4.77. The van der Waals surface area contributed by atoms with Gasteiger partial charge >= 0.3 is 0 Å². The number of rotatable bonds is 6. The zero-order chi connectivity index (χ0) is 17.8. The largest absolute Gasteiger partial charge is 0.488 e. The van der Waals surface area contributed by atoms with E-state index in [-0.39, 0.29) is 6.04 Å². The predicted molar refractivity (Wildman–Crippen MR) is 106 cm³/mol. The molecule has 0 bridgehead atoms. The van der Waals surface area contributed by atoms with Crippen molar-refractivity contribution in [2.75, 3.05) is 7.05 Å². The molecular formula is C20H21ClN2OS. The Morgan fingerprint density at radius 2 is 2.00 bits per heavy atom. The Morgan fingerprint density at radius 1 is 1.24 bits per heavy atom. The molecule has 1 unspecified atom stereocenters. The normalized spacial score (nSPS) is 12.2. The lowest BCUT2D eigenvalue weighted by Gasteiger charge is -2.14. The second-order valence-electron chi connectivity index (χ2n) is 5.95. The highest BCUT2D eigenvalue weighted by Crippen LogP contribution is 2.37. The van der Waals surface area contributed by atoms with Crippen LogP contribution in [0.3, 0.4) is 0 Å². The molecule has 3 aromatic rings. The number of benzene rings is 2. The van der Waals surface area contributed by atoms with E-state index >= 15 is 0 Å². The molecular weight excluding hydrogens is 352 g/mol. The second kappa shape index (κ2) is 8.00. The molecule has 1 heterocycles. The monoisotopic (exact) mass is 372 g/mol. The maximum absolute atomic E-state index is 6.29. The number of aryl methyl sites for hydroxylation is 1. The van der Waals surface area contributed by atoms with Gasteiger partial charge in [-0.2, -0.15) is 0 Å². The van der Waals surface area contributed by atoms with Crippen molar-refractivity contribution in [1.29, 1.82) is 0 Å². The highest BCUT2D eigenvalue weighted by molar-refractivity contribution is 7.10. The fourth-order valence-corrected chi connectivity index (χ4v) is 3.73. The van der Waals surface area contributed by atoms with Crippen LogP contribution in [0.5, 0.6) is 5.75 Å². The Morgan fingerprint density at radius 3 is 2.72 bits per heavy atom.